The highest BCUT2D eigenvalue weighted by molar-refractivity contribution is 5.76. The second-order valence-electron chi connectivity index (χ2n) is 15.4. The van der Waals surface area contributed by atoms with Gasteiger partial charge in [-0.2, -0.15) is 0 Å². The summed E-state index contributed by atoms with van der Waals surface area (Å²) in [6, 6.07) is 0. The lowest BCUT2D eigenvalue weighted by Crippen LogP contribution is -2.30. The zero-order valence-corrected chi connectivity index (χ0v) is 28.9. The molecule has 254 valence electrons. The Morgan fingerprint density at radius 3 is 1.33 bits per heavy atom. The molecule has 0 spiro atoms. The highest BCUT2D eigenvalue weighted by Crippen LogP contribution is 2.38. The third kappa shape index (κ3) is 22.9. The second-order valence-corrected chi connectivity index (χ2v) is 15.4. The molecule has 0 aromatic heterocycles. The van der Waals surface area contributed by atoms with Crippen molar-refractivity contribution in [3.63, 3.8) is 0 Å². The van der Waals surface area contributed by atoms with Crippen molar-refractivity contribution in [2.24, 2.45) is 34.5 Å². The van der Waals surface area contributed by atoms with Crippen LogP contribution in [0, 0.1) is 34.5 Å². The van der Waals surface area contributed by atoms with E-state index < -0.39 is 0 Å². The average molecular weight is 613 g/mol. The molecule has 3 N–H and O–H groups in total. The van der Waals surface area contributed by atoms with Crippen LogP contribution in [0.4, 0.5) is 0 Å². The normalized spacial score (nSPS) is 22.8. The van der Waals surface area contributed by atoms with Crippen molar-refractivity contribution in [3.05, 3.63) is 0 Å². The first-order chi connectivity index (χ1) is 20.3. The van der Waals surface area contributed by atoms with Crippen LogP contribution in [0.3, 0.4) is 0 Å². The molecule has 2 aliphatic carbocycles. The number of aliphatic hydroxyl groups excluding tert-OH is 1. The van der Waals surface area contributed by atoms with Crippen molar-refractivity contribution < 1.29 is 28.9 Å². The van der Waals surface area contributed by atoms with E-state index in [-0.39, 0.29) is 18.4 Å². The van der Waals surface area contributed by atoms with Gasteiger partial charge in [0.1, 0.15) is 0 Å². The summed E-state index contributed by atoms with van der Waals surface area (Å²) in [5.41, 5.74) is 0.848. The maximum atomic E-state index is 11.9. The molecule has 2 fully saturated rings. The Bertz CT molecular complexity index is 717. The molecule has 2 amide bonds. The van der Waals surface area contributed by atoms with Gasteiger partial charge in [0.05, 0.1) is 39.6 Å². The van der Waals surface area contributed by atoms with Crippen molar-refractivity contribution in [1.82, 2.24) is 10.6 Å². The third-order valence-corrected chi connectivity index (χ3v) is 8.49. The van der Waals surface area contributed by atoms with Crippen molar-refractivity contribution in [2.75, 3.05) is 59.8 Å². The van der Waals surface area contributed by atoms with Gasteiger partial charge < -0.3 is 30.0 Å². The molecule has 0 radical (unpaired) electrons. The second kappa shape index (κ2) is 22.3. The molecule has 8 heteroatoms. The SMILES string of the molecule is CC(C)(C)CC1CCC(CC(=O)NCCOCCO)CC1.COCCOCCNC(=O)CC1CCC(CC(C)(C)C)CC1. The lowest BCUT2D eigenvalue weighted by atomic mass is 9.74. The molecule has 2 rings (SSSR count). The molecule has 2 saturated carbocycles. The van der Waals surface area contributed by atoms with E-state index in [0.717, 1.165) is 11.8 Å². The molecule has 0 saturated heterocycles. The van der Waals surface area contributed by atoms with Gasteiger partial charge in [0, 0.05) is 33.0 Å². The van der Waals surface area contributed by atoms with Crippen LogP contribution in [0.5, 0.6) is 0 Å². The largest absolute Gasteiger partial charge is 0.394 e. The van der Waals surface area contributed by atoms with Gasteiger partial charge in [-0.25, -0.2) is 0 Å². The minimum Gasteiger partial charge on any atom is -0.394 e. The molecule has 0 aromatic rings. The van der Waals surface area contributed by atoms with E-state index >= 15 is 0 Å². The Labute approximate surface area is 264 Å². The molecule has 0 bridgehead atoms. The minimum atomic E-state index is 0.0335. The van der Waals surface area contributed by atoms with Gasteiger partial charge >= 0.3 is 0 Å². The first-order valence-electron chi connectivity index (χ1n) is 17.1. The number of hydrogen-bond donors (Lipinski definition) is 3. The van der Waals surface area contributed by atoms with Gasteiger partial charge in [0.25, 0.3) is 0 Å². The standard InChI is InChI=1S/C18H35NO3.C17H33NO3/c1-18(2,3)14-16-7-5-15(6-8-16)13-17(20)19-9-10-22-12-11-21-4;1-17(2,3)13-15-6-4-14(5-7-15)12-16(20)18-8-10-21-11-9-19/h15-16H,5-14H2,1-4H3,(H,19,20);14-15,19H,4-13H2,1-3H3,(H,18,20). The van der Waals surface area contributed by atoms with Crippen molar-refractivity contribution in [1.29, 1.82) is 0 Å². The van der Waals surface area contributed by atoms with Crippen LogP contribution >= 0.6 is 0 Å². The number of amides is 2. The fourth-order valence-corrected chi connectivity index (χ4v) is 6.62. The number of aliphatic hydroxyl groups is 1. The smallest absolute Gasteiger partial charge is 0.220 e. The van der Waals surface area contributed by atoms with Crippen LogP contribution < -0.4 is 10.6 Å². The summed E-state index contributed by atoms with van der Waals surface area (Å²) in [6.45, 7) is 17.6. The molecule has 0 aromatic carbocycles. The van der Waals surface area contributed by atoms with E-state index in [1.165, 1.54) is 64.2 Å². The predicted molar refractivity (Wildman–Crippen MR) is 175 cm³/mol. The lowest BCUT2D eigenvalue weighted by Gasteiger charge is -2.32. The highest BCUT2D eigenvalue weighted by atomic mass is 16.5. The molecule has 0 atom stereocenters. The topological polar surface area (TPSA) is 106 Å². The summed E-state index contributed by atoms with van der Waals surface area (Å²) < 4.78 is 15.4. The van der Waals surface area contributed by atoms with Crippen LogP contribution in [-0.2, 0) is 23.8 Å². The van der Waals surface area contributed by atoms with Gasteiger partial charge in [0.15, 0.2) is 0 Å². The number of carbonyl (C=O) groups excluding carboxylic acids is 2. The lowest BCUT2D eigenvalue weighted by molar-refractivity contribution is -0.123. The Morgan fingerprint density at radius 1 is 0.605 bits per heavy atom. The summed E-state index contributed by atoms with van der Waals surface area (Å²) >= 11 is 0. The van der Waals surface area contributed by atoms with Crippen LogP contribution in [-0.4, -0.2) is 76.8 Å². The first-order valence-corrected chi connectivity index (χ1v) is 17.1. The molecule has 43 heavy (non-hydrogen) atoms. The Hall–Kier alpha value is -1.22. The van der Waals surface area contributed by atoms with Crippen LogP contribution in [0.25, 0.3) is 0 Å². The molecule has 2 aliphatic rings. The number of carbonyl (C=O) groups is 2. The highest BCUT2D eigenvalue weighted by Gasteiger charge is 2.27. The Balaban J connectivity index is 0.000000430. The Kier molecular flexibility index (Phi) is 20.7. The van der Waals surface area contributed by atoms with E-state index in [0.29, 0.717) is 81.6 Å². The van der Waals surface area contributed by atoms with E-state index in [1.54, 1.807) is 7.11 Å². The summed E-state index contributed by atoms with van der Waals surface area (Å²) in [6.07, 6.45) is 13.9. The summed E-state index contributed by atoms with van der Waals surface area (Å²) in [4.78, 5) is 23.8. The molecular weight excluding hydrogens is 544 g/mol. The van der Waals surface area contributed by atoms with E-state index in [1.807, 2.05) is 0 Å². The van der Waals surface area contributed by atoms with Crippen LogP contribution in [0.2, 0.25) is 0 Å². The average Bonchev–Trinajstić information content (AvgIpc) is 2.91. The summed E-state index contributed by atoms with van der Waals surface area (Å²) in [5.74, 6) is 3.14. The molecular formula is C35H68N2O6. The van der Waals surface area contributed by atoms with Crippen LogP contribution in [0.15, 0.2) is 0 Å². The van der Waals surface area contributed by atoms with E-state index in [4.69, 9.17) is 19.3 Å². The zero-order valence-electron chi connectivity index (χ0n) is 28.9. The van der Waals surface area contributed by atoms with Gasteiger partial charge in [-0.3, -0.25) is 9.59 Å². The van der Waals surface area contributed by atoms with Gasteiger partial charge in [-0.1, -0.05) is 67.2 Å². The summed E-state index contributed by atoms with van der Waals surface area (Å²) in [7, 11) is 1.65. The van der Waals surface area contributed by atoms with E-state index in [2.05, 4.69) is 52.2 Å². The molecule has 0 heterocycles. The number of hydrogen-bond acceptors (Lipinski definition) is 6. The number of rotatable bonds is 17. The van der Waals surface area contributed by atoms with Crippen molar-refractivity contribution >= 4 is 11.8 Å². The van der Waals surface area contributed by atoms with E-state index in [9.17, 15) is 9.59 Å². The molecule has 8 nitrogen and oxygen atoms in total. The number of ether oxygens (including phenoxy) is 3. The third-order valence-electron chi connectivity index (χ3n) is 8.49. The van der Waals surface area contributed by atoms with Gasteiger partial charge in [-0.05, 0) is 73.0 Å². The monoisotopic (exact) mass is 613 g/mol. The first kappa shape index (κ1) is 39.8. The predicted octanol–water partition coefficient (Wildman–Crippen LogP) is 6.14. The Morgan fingerprint density at radius 2 is 0.977 bits per heavy atom. The minimum absolute atomic E-state index is 0.0335. The maximum Gasteiger partial charge on any atom is 0.220 e. The maximum absolute atomic E-state index is 11.9. The fourth-order valence-electron chi connectivity index (χ4n) is 6.62. The molecule has 0 unspecified atom stereocenters. The quantitative estimate of drug-likeness (QED) is 0.170. The van der Waals surface area contributed by atoms with Gasteiger partial charge in [-0.15, -0.1) is 0 Å². The van der Waals surface area contributed by atoms with Gasteiger partial charge in [0.2, 0.25) is 11.8 Å². The van der Waals surface area contributed by atoms with Crippen molar-refractivity contribution in [2.45, 2.75) is 119 Å². The molecule has 0 aliphatic heterocycles. The number of methoxy groups -OCH3 is 1. The zero-order chi connectivity index (χ0) is 32.1. The van der Waals surface area contributed by atoms with Crippen LogP contribution in [0.1, 0.15) is 119 Å². The fraction of sp³-hybridized carbons (Fsp3) is 0.943. The van der Waals surface area contributed by atoms with Crippen molar-refractivity contribution in [3.8, 4) is 0 Å². The number of nitrogens with one attached hydrogen (secondary N) is 2. The summed E-state index contributed by atoms with van der Waals surface area (Å²) in [5, 5.41) is 14.4.